The number of benzene rings is 2. The Bertz CT molecular complexity index is 1260. The molecule has 4 rings (SSSR count). The molecule has 2 heterocycles. The second-order valence-electron chi connectivity index (χ2n) is 8.84. The molecule has 1 amide bonds. The van der Waals surface area contributed by atoms with Crippen LogP contribution in [-0.4, -0.2) is 57.9 Å². The van der Waals surface area contributed by atoms with Gasteiger partial charge in [-0.3, -0.25) is 24.6 Å². The number of nitrogens with zero attached hydrogens (tertiary/aromatic N) is 3. The van der Waals surface area contributed by atoms with Gasteiger partial charge >= 0.3 is 5.97 Å². The minimum absolute atomic E-state index is 0.0126. The van der Waals surface area contributed by atoms with E-state index in [1.807, 2.05) is 23.1 Å². The van der Waals surface area contributed by atoms with Crippen molar-refractivity contribution in [3.05, 3.63) is 68.6 Å². The van der Waals surface area contributed by atoms with Gasteiger partial charge in [-0.1, -0.05) is 48.2 Å². The maximum atomic E-state index is 12.8. The lowest BCUT2D eigenvalue weighted by Gasteiger charge is -2.34. The number of carbonyl (C=O) groups excluding carboxylic acids is 1. The third kappa shape index (κ3) is 6.11. The molecule has 0 atom stereocenters. The number of anilines is 1. The number of carboxylic acid groups (broad SMARTS) is 1. The second-order valence-corrected chi connectivity index (χ2v) is 10.5. The van der Waals surface area contributed by atoms with E-state index in [0.717, 1.165) is 35.9 Å². The summed E-state index contributed by atoms with van der Waals surface area (Å²) < 4.78 is 5.86. The van der Waals surface area contributed by atoms with Gasteiger partial charge in [0.15, 0.2) is 0 Å². The van der Waals surface area contributed by atoms with Gasteiger partial charge in [-0.2, -0.15) is 0 Å². The molecule has 11 heteroatoms. The van der Waals surface area contributed by atoms with Crippen molar-refractivity contribution in [2.24, 2.45) is 0 Å². The van der Waals surface area contributed by atoms with Crippen molar-refractivity contribution in [2.75, 3.05) is 31.6 Å². The Balaban J connectivity index is 1.48. The molecular formula is C26H27N3O6S2. The largest absolute Gasteiger partial charge is 0.496 e. The summed E-state index contributed by atoms with van der Waals surface area (Å²) in [7, 11) is 1.66. The van der Waals surface area contributed by atoms with Gasteiger partial charge in [-0.15, -0.1) is 0 Å². The highest BCUT2D eigenvalue weighted by molar-refractivity contribution is 8.26. The van der Waals surface area contributed by atoms with Crippen molar-refractivity contribution >= 4 is 57.6 Å². The first-order valence-corrected chi connectivity index (χ1v) is 13.1. The molecule has 194 valence electrons. The summed E-state index contributed by atoms with van der Waals surface area (Å²) in [6.45, 7) is 1.58. The molecule has 9 nitrogen and oxygen atoms in total. The molecule has 2 aliphatic heterocycles. The standard InChI is InChI=1S/C26H27N3O6S2/c1-35-22-6-3-2-5-19(22)18-10-13-27(14-11-18)20-9-8-17(15-21(20)29(33)34)16-23-25(32)28(26(36)37-23)12-4-7-24(30)31/h2-3,5-6,8-9,15-16,18H,4,7,10-14H2,1H3,(H,30,31). The fourth-order valence-electron chi connectivity index (χ4n) is 4.71. The van der Waals surface area contributed by atoms with Crippen molar-refractivity contribution in [1.82, 2.24) is 4.90 Å². The van der Waals surface area contributed by atoms with Gasteiger partial charge in [0.25, 0.3) is 11.6 Å². The minimum atomic E-state index is -0.933. The number of nitro groups is 1. The molecular weight excluding hydrogens is 514 g/mol. The molecule has 2 saturated heterocycles. The number of carboxylic acids is 1. The summed E-state index contributed by atoms with van der Waals surface area (Å²) in [6.07, 6.45) is 3.54. The fraction of sp³-hybridized carbons (Fsp3) is 0.346. The topological polar surface area (TPSA) is 113 Å². The van der Waals surface area contributed by atoms with E-state index >= 15 is 0 Å². The molecule has 0 bridgehead atoms. The van der Waals surface area contributed by atoms with E-state index in [4.69, 9.17) is 22.1 Å². The van der Waals surface area contributed by atoms with E-state index in [2.05, 4.69) is 6.07 Å². The summed E-state index contributed by atoms with van der Waals surface area (Å²) in [5.41, 5.74) is 2.24. The van der Waals surface area contributed by atoms with Crippen LogP contribution in [0.25, 0.3) is 6.08 Å². The lowest BCUT2D eigenvalue weighted by atomic mass is 9.88. The van der Waals surface area contributed by atoms with Crippen LogP contribution < -0.4 is 9.64 Å². The van der Waals surface area contributed by atoms with Crippen molar-refractivity contribution in [3.8, 4) is 5.75 Å². The van der Waals surface area contributed by atoms with E-state index < -0.39 is 10.9 Å². The molecule has 0 saturated carbocycles. The van der Waals surface area contributed by atoms with E-state index in [0.29, 0.717) is 45.9 Å². The van der Waals surface area contributed by atoms with Crippen LogP contribution in [0.1, 0.15) is 42.7 Å². The number of amides is 1. The number of hydrogen-bond acceptors (Lipinski definition) is 8. The van der Waals surface area contributed by atoms with Crippen LogP contribution in [0.5, 0.6) is 5.75 Å². The number of thioether (sulfide) groups is 1. The molecule has 37 heavy (non-hydrogen) atoms. The van der Waals surface area contributed by atoms with Crippen LogP contribution in [0.2, 0.25) is 0 Å². The smallest absolute Gasteiger partial charge is 0.303 e. The number of nitro benzene ring substituents is 1. The Morgan fingerprint density at radius 1 is 1.27 bits per heavy atom. The Kier molecular flexibility index (Phi) is 8.45. The number of rotatable bonds is 9. The second kappa shape index (κ2) is 11.7. The van der Waals surface area contributed by atoms with E-state index in [-0.39, 0.29) is 24.6 Å². The van der Waals surface area contributed by atoms with Crippen LogP contribution in [0.3, 0.4) is 0 Å². The van der Waals surface area contributed by atoms with Gasteiger partial charge in [0.2, 0.25) is 0 Å². The lowest BCUT2D eigenvalue weighted by Crippen LogP contribution is -2.33. The van der Waals surface area contributed by atoms with Crippen LogP contribution in [0.4, 0.5) is 11.4 Å². The first kappa shape index (κ1) is 26.6. The van der Waals surface area contributed by atoms with Crippen molar-refractivity contribution in [2.45, 2.75) is 31.6 Å². The predicted octanol–water partition coefficient (Wildman–Crippen LogP) is 5.05. The zero-order chi connectivity index (χ0) is 26.5. The van der Waals surface area contributed by atoms with Crippen LogP contribution in [0.15, 0.2) is 47.4 Å². The highest BCUT2D eigenvalue weighted by atomic mass is 32.2. The van der Waals surface area contributed by atoms with Gasteiger partial charge < -0.3 is 14.7 Å². The van der Waals surface area contributed by atoms with Crippen molar-refractivity contribution in [3.63, 3.8) is 0 Å². The highest BCUT2D eigenvalue weighted by Gasteiger charge is 2.32. The summed E-state index contributed by atoms with van der Waals surface area (Å²) in [5, 5.41) is 20.8. The molecule has 2 aromatic rings. The van der Waals surface area contributed by atoms with Gasteiger partial charge in [0.1, 0.15) is 15.8 Å². The third-order valence-corrected chi connectivity index (χ3v) is 7.93. The van der Waals surface area contributed by atoms with Gasteiger partial charge in [0, 0.05) is 32.1 Å². The number of hydrogen-bond donors (Lipinski definition) is 1. The van der Waals surface area contributed by atoms with Gasteiger partial charge in [0.05, 0.1) is 16.9 Å². The van der Waals surface area contributed by atoms with Gasteiger partial charge in [-0.25, -0.2) is 0 Å². The maximum absolute atomic E-state index is 12.8. The fourth-order valence-corrected chi connectivity index (χ4v) is 6.02. The molecule has 0 spiro atoms. The molecule has 2 aliphatic rings. The number of piperidine rings is 1. The average Bonchev–Trinajstić information content (AvgIpc) is 3.15. The monoisotopic (exact) mass is 541 g/mol. The quantitative estimate of drug-likeness (QED) is 0.202. The summed E-state index contributed by atoms with van der Waals surface area (Å²) >= 11 is 6.40. The van der Waals surface area contributed by atoms with E-state index in [1.165, 1.54) is 11.0 Å². The number of aliphatic carboxylic acids is 1. The number of para-hydroxylation sites is 1. The number of methoxy groups -OCH3 is 1. The maximum Gasteiger partial charge on any atom is 0.303 e. The molecule has 1 N–H and O–H groups in total. The Morgan fingerprint density at radius 3 is 2.68 bits per heavy atom. The Morgan fingerprint density at radius 2 is 2.00 bits per heavy atom. The molecule has 0 radical (unpaired) electrons. The predicted molar refractivity (Wildman–Crippen MR) is 147 cm³/mol. The Hall–Kier alpha value is -3.44. The molecule has 2 aromatic carbocycles. The highest BCUT2D eigenvalue weighted by Crippen LogP contribution is 2.39. The normalized spacial score (nSPS) is 17.5. The molecule has 0 aromatic heterocycles. The first-order valence-electron chi connectivity index (χ1n) is 11.9. The molecule has 0 unspecified atom stereocenters. The molecule has 2 fully saturated rings. The zero-order valence-electron chi connectivity index (χ0n) is 20.3. The molecule has 0 aliphatic carbocycles. The van der Waals surface area contributed by atoms with Crippen LogP contribution >= 0.6 is 24.0 Å². The average molecular weight is 542 g/mol. The van der Waals surface area contributed by atoms with Gasteiger partial charge in [-0.05, 0) is 54.5 Å². The van der Waals surface area contributed by atoms with E-state index in [1.54, 1.807) is 25.3 Å². The Labute approximate surface area is 224 Å². The van der Waals surface area contributed by atoms with Crippen LogP contribution in [-0.2, 0) is 9.59 Å². The zero-order valence-corrected chi connectivity index (χ0v) is 21.9. The van der Waals surface area contributed by atoms with Crippen LogP contribution in [0, 0.1) is 10.1 Å². The summed E-state index contributed by atoms with van der Waals surface area (Å²) in [6, 6.07) is 13.0. The summed E-state index contributed by atoms with van der Waals surface area (Å²) in [4.78, 5) is 38.9. The third-order valence-electron chi connectivity index (χ3n) is 6.55. The number of ether oxygens (including phenoxy) is 1. The van der Waals surface area contributed by atoms with E-state index in [9.17, 15) is 19.7 Å². The number of thiocarbonyl (C=S) groups is 1. The van der Waals surface area contributed by atoms with Crippen molar-refractivity contribution in [1.29, 1.82) is 0 Å². The van der Waals surface area contributed by atoms with Crippen molar-refractivity contribution < 1.29 is 24.4 Å². The minimum Gasteiger partial charge on any atom is -0.496 e. The summed E-state index contributed by atoms with van der Waals surface area (Å²) in [5.74, 6) is -0.0605. The SMILES string of the molecule is COc1ccccc1C1CCN(c2ccc(C=C3SC(=S)N(CCCC(=O)O)C3=O)cc2[N+](=O)[O-])CC1. The number of carbonyl (C=O) groups is 2. The lowest BCUT2D eigenvalue weighted by molar-refractivity contribution is -0.384. The first-order chi connectivity index (χ1) is 17.8.